The first-order chi connectivity index (χ1) is 14.0. The Labute approximate surface area is 174 Å². The molecule has 1 atom stereocenters. The second kappa shape index (κ2) is 10.3. The lowest BCUT2D eigenvalue weighted by Gasteiger charge is -2.24. The van der Waals surface area contributed by atoms with E-state index < -0.39 is 30.4 Å². The zero-order valence-corrected chi connectivity index (χ0v) is 16.9. The number of ether oxygens (including phenoxy) is 2. The number of esters is 1. The van der Waals surface area contributed by atoms with Crippen LogP contribution in [-0.2, 0) is 20.7 Å². The fourth-order valence-electron chi connectivity index (χ4n) is 3.44. The number of fused-ring (bicyclic) bond motifs is 1. The average Bonchev–Trinajstić information content (AvgIpc) is 2.72. The van der Waals surface area contributed by atoms with Gasteiger partial charge in [-0.3, -0.25) is 14.9 Å². The lowest BCUT2D eigenvalue weighted by atomic mass is 9.97. The van der Waals surface area contributed by atoms with E-state index in [1.165, 1.54) is 18.4 Å². The summed E-state index contributed by atoms with van der Waals surface area (Å²) in [6.45, 7) is 0.119. The van der Waals surface area contributed by atoms with Gasteiger partial charge in [0, 0.05) is 11.6 Å². The van der Waals surface area contributed by atoms with Crippen LogP contribution in [-0.4, -0.2) is 37.7 Å². The minimum Gasteiger partial charge on any atom is -0.492 e. The smallest absolute Gasteiger partial charge is 0.321 e. The zero-order valence-electron chi connectivity index (χ0n) is 16.2. The Morgan fingerprint density at radius 3 is 2.90 bits per heavy atom. The molecule has 2 aliphatic rings. The fourth-order valence-corrected chi connectivity index (χ4v) is 3.64. The minimum atomic E-state index is -0.673. The van der Waals surface area contributed by atoms with Crippen molar-refractivity contribution < 1.29 is 23.9 Å². The second-order valence-corrected chi connectivity index (χ2v) is 7.67. The molecule has 0 fully saturated rings. The average molecular weight is 421 g/mol. The number of rotatable bonds is 6. The van der Waals surface area contributed by atoms with Crippen molar-refractivity contribution in [3.8, 4) is 5.75 Å². The predicted octanol–water partition coefficient (Wildman–Crippen LogP) is 3.15. The van der Waals surface area contributed by atoms with Crippen molar-refractivity contribution in [3.63, 3.8) is 0 Å². The van der Waals surface area contributed by atoms with Gasteiger partial charge in [-0.05, 0) is 62.3 Å². The van der Waals surface area contributed by atoms with E-state index >= 15 is 0 Å². The van der Waals surface area contributed by atoms with Crippen LogP contribution >= 0.6 is 11.6 Å². The van der Waals surface area contributed by atoms with E-state index in [0.29, 0.717) is 23.7 Å². The maximum absolute atomic E-state index is 12.2. The molecule has 7 nitrogen and oxygen atoms in total. The summed E-state index contributed by atoms with van der Waals surface area (Å²) in [7, 11) is 0. The predicted molar refractivity (Wildman–Crippen MR) is 108 cm³/mol. The molecule has 156 valence electrons. The van der Waals surface area contributed by atoms with Crippen molar-refractivity contribution in [3.05, 3.63) is 40.4 Å². The molecule has 1 aromatic rings. The van der Waals surface area contributed by atoms with Gasteiger partial charge in [0.15, 0.2) is 6.61 Å². The summed E-state index contributed by atoms with van der Waals surface area (Å²) in [5, 5.41) is 5.37. The van der Waals surface area contributed by atoms with Gasteiger partial charge in [-0.1, -0.05) is 23.3 Å². The van der Waals surface area contributed by atoms with Crippen LogP contribution in [0.4, 0.5) is 4.79 Å². The molecular formula is C21H25ClN2O5. The summed E-state index contributed by atoms with van der Waals surface area (Å²) in [4.78, 5) is 35.8. The quantitative estimate of drug-likeness (QED) is 0.544. The molecule has 29 heavy (non-hydrogen) atoms. The number of hydrogen-bond donors (Lipinski definition) is 2. The van der Waals surface area contributed by atoms with Crippen LogP contribution in [0.25, 0.3) is 0 Å². The van der Waals surface area contributed by atoms with Crippen molar-refractivity contribution in [2.24, 2.45) is 5.92 Å². The van der Waals surface area contributed by atoms with Crippen LogP contribution in [0.15, 0.2) is 29.8 Å². The molecule has 0 aromatic heterocycles. The molecule has 0 bridgehead atoms. The summed E-state index contributed by atoms with van der Waals surface area (Å²) in [5.41, 5.74) is 2.16. The number of carbonyl (C=O) groups excluding carboxylic acids is 3. The van der Waals surface area contributed by atoms with E-state index in [1.807, 2.05) is 0 Å². The number of amides is 3. The number of nitrogens with one attached hydrogen (secondary N) is 2. The largest absolute Gasteiger partial charge is 0.492 e. The Morgan fingerprint density at radius 2 is 2.10 bits per heavy atom. The summed E-state index contributed by atoms with van der Waals surface area (Å²) < 4.78 is 10.6. The maximum atomic E-state index is 12.2. The Bertz CT molecular complexity index is 808. The normalized spacial score (nSPS) is 18.0. The second-order valence-electron chi connectivity index (χ2n) is 7.23. The third-order valence-corrected chi connectivity index (χ3v) is 5.21. The molecule has 0 saturated heterocycles. The van der Waals surface area contributed by atoms with Crippen LogP contribution in [0, 0.1) is 5.92 Å². The number of carbonyl (C=O) groups is 3. The van der Waals surface area contributed by atoms with Crippen molar-refractivity contribution >= 4 is 29.5 Å². The molecule has 8 heteroatoms. The van der Waals surface area contributed by atoms with Gasteiger partial charge in [-0.25, -0.2) is 4.79 Å². The first-order valence-electron chi connectivity index (χ1n) is 9.84. The van der Waals surface area contributed by atoms with Crippen LogP contribution in [0.3, 0.4) is 0 Å². The molecule has 0 spiro atoms. The van der Waals surface area contributed by atoms with Gasteiger partial charge in [0.2, 0.25) is 0 Å². The van der Waals surface area contributed by atoms with Crippen molar-refractivity contribution in [2.45, 2.75) is 38.5 Å². The Kier molecular flexibility index (Phi) is 7.52. The van der Waals surface area contributed by atoms with Gasteiger partial charge in [-0.2, -0.15) is 0 Å². The highest BCUT2D eigenvalue weighted by Crippen LogP contribution is 2.30. The highest BCUT2D eigenvalue weighted by atomic mass is 35.5. The van der Waals surface area contributed by atoms with Gasteiger partial charge >= 0.3 is 12.0 Å². The molecule has 2 N–H and O–H groups in total. The third kappa shape index (κ3) is 6.49. The van der Waals surface area contributed by atoms with Crippen LogP contribution < -0.4 is 15.4 Å². The van der Waals surface area contributed by atoms with Gasteiger partial charge in [0.25, 0.3) is 5.91 Å². The molecule has 3 amide bonds. The van der Waals surface area contributed by atoms with E-state index in [9.17, 15) is 14.4 Å². The van der Waals surface area contributed by atoms with E-state index in [0.717, 1.165) is 24.8 Å². The number of imide groups is 1. The minimum absolute atomic E-state index is 0.172. The van der Waals surface area contributed by atoms with Gasteiger partial charge in [0.05, 0.1) is 5.92 Å². The van der Waals surface area contributed by atoms with E-state index in [-0.39, 0.29) is 6.61 Å². The maximum Gasteiger partial charge on any atom is 0.321 e. The van der Waals surface area contributed by atoms with Crippen molar-refractivity contribution in [2.75, 3.05) is 19.8 Å². The van der Waals surface area contributed by atoms with Crippen LogP contribution in [0.5, 0.6) is 5.75 Å². The molecule has 1 aliphatic heterocycles. The highest BCUT2D eigenvalue weighted by Gasteiger charge is 2.28. The fraction of sp³-hybridized carbons (Fsp3) is 0.476. The number of urea groups is 1. The molecule has 3 rings (SSSR count). The number of allylic oxidation sites excluding steroid dienone is 1. The zero-order chi connectivity index (χ0) is 20.6. The van der Waals surface area contributed by atoms with E-state index in [2.05, 4.69) is 16.7 Å². The summed E-state index contributed by atoms with van der Waals surface area (Å²) in [6, 6.07) is 4.64. The van der Waals surface area contributed by atoms with Gasteiger partial charge in [0.1, 0.15) is 12.4 Å². The van der Waals surface area contributed by atoms with E-state index in [1.54, 1.807) is 18.2 Å². The lowest BCUT2D eigenvalue weighted by molar-refractivity contribution is -0.153. The third-order valence-electron chi connectivity index (χ3n) is 4.98. The molecule has 1 aliphatic carbocycles. The van der Waals surface area contributed by atoms with Crippen molar-refractivity contribution in [1.29, 1.82) is 0 Å². The van der Waals surface area contributed by atoms with Crippen molar-refractivity contribution in [1.82, 2.24) is 10.6 Å². The van der Waals surface area contributed by atoms with E-state index in [4.69, 9.17) is 21.1 Å². The Hall–Kier alpha value is -2.54. The highest BCUT2D eigenvalue weighted by molar-refractivity contribution is 6.30. The Balaban J connectivity index is 1.35. The van der Waals surface area contributed by atoms with Crippen LogP contribution in [0.2, 0.25) is 5.02 Å². The molecule has 0 saturated carbocycles. The lowest BCUT2D eigenvalue weighted by Crippen LogP contribution is -2.42. The monoisotopic (exact) mass is 420 g/mol. The molecular weight excluding hydrogens is 396 g/mol. The van der Waals surface area contributed by atoms with Gasteiger partial charge < -0.3 is 14.8 Å². The molecule has 1 heterocycles. The summed E-state index contributed by atoms with van der Waals surface area (Å²) in [6.07, 6.45) is 7.99. The topological polar surface area (TPSA) is 93.7 Å². The van der Waals surface area contributed by atoms with Gasteiger partial charge in [-0.15, -0.1) is 0 Å². The SMILES string of the molecule is O=C(COC(=O)[C@H]1COc2ccc(Cl)cc2C1)NC(=O)NCCC1=CCCCC1. The summed E-state index contributed by atoms with van der Waals surface area (Å²) in [5.74, 6) is -1.05. The Morgan fingerprint density at radius 1 is 1.24 bits per heavy atom. The molecule has 0 radical (unpaired) electrons. The standard InChI is InChI=1S/C21H25ClN2O5/c22-17-6-7-18-15(11-17)10-16(12-28-18)20(26)29-13-19(25)24-21(27)23-9-8-14-4-2-1-3-5-14/h4,6-7,11,16H,1-3,5,8-10,12-13H2,(H2,23,24,25,27)/t16-/m1/s1. The first kappa shape index (κ1) is 21.2. The number of halogens is 1. The summed E-state index contributed by atoms with van der Waals surface area (Å²) >= 11 is 5.97. The first-order valence-corrected chi connectivity index (χ1v) is 10.2. The molecule has 0 unspecified atom stereocenters. The number of hydrogen-bond acceptors (Lipinski definition) is 5. The number of benzene rings is 1. The molecule has 1 aromatic carbocycles. The van der Waals surface area contributed by atoms with Crippen LogP contribution in [0.1, 0.15) is 37.7 Å².